The van der Waals surface area contributed by atoms with Crippen molar-refractivity contribution in [3.63, 3.8) is 0 Å². The van der Waals surface area contributed by atoms with E-state index in [-0.39, 0.29) is 23.1 Å². The van der Waals surface area contributed by atoms with E-state index < -0.39 is 4.92 Å². The maximum atomic E-state index is 11.2. The van der Waals surface area contributed by atoms with Crippen LogP contribution in [-0.4, -0.2) is 23.7 Å². The summed E-state index contributed by atoms with van der Waals surface area (Å²) in [4.78, 5) is 21.2. The number of benzene rings is 1. The molecule has 80 valence electrons. The molecule has 6 heteroatoms. The van der Waals surface area contributed by atoms with Gasteiger partial charge in [0, 0.05) is 11.6 Å². The van der Waals surface area contributed by atoms with Crippen LogP contribution in [0.25, 0.3) is 0 Å². The zero-order chi connectivity index (χ0) is 11.4. The first-order valence-electron chi connectivity index (χ1n) is 4.01. The van der Waals surface area contributed by atoms with E-state index in [2.05, 4.69) is 0 Å². The molecule has 0 aliphatic rings. The molecule has 0 aliphatic heterocycles. The largest absolute Gasteiger partial charge is 0.490 e. The first-order chi connectivity index (χ1) is 7.10. The van der Waals surface area contributed by atoms with Crippen molar-refractivity contribution < 1.29 is 14.5 Å². The van der Waals surface area contributed by atoms with Crippen molar-refractivity contribution >= 4 is 23.1 Å². The van der Waals surface area contributed by atoms with Crippen LogP contribution in [0.5, 0.6) is 5.75 Å². The van der Waals surface area contributed by atoms with Gasteiger partial charge in [0.1, 0.15) is 0 Å². The number of rotatable bonds is 4. The van der Waals surface area contributed by atoms with Gasteiger partial charge in [-0.15, -0.1) is 11.6 Å². The van der Waals surface area contributed by atoms with Gasteiger partial charge < -0.3 is 4.74 Å². The summed E-state index contributed by atoms with van der Waals surface area (Å²) in [6.07, 6.45) is 0. The lowest BCUT2D eigenvalue weighted by atomic mass is 10.1. The second kappa shape index (κ2) is 4.75. The Morgan fingerprint density at radius 3 is 2.73 bits per heavy atom. The molecule has 0 spiro atoms. The molecule has 0 aliphatic carbocycles. The summed E-state index contributed by atoms with van der Waals surface area (Å²) < 4.78 is 4.80. The van der Waals surface area contributed by atoms with Crippen LogP contribution in [0, 0.1) is 10.1 Å². The third-order valence-electron chi connectivity index (χ3n) is 1.82. The molecule has 0 saturated carbocycles. The average molecular weight is 230 g/mol. The first-order valence-corrected chi connectivity index (χ1v) is 4.55. The second-order valence-electron chi connectivity index (χ2n) is 2.70. The van der Waals surface area contributed by atoms with Gasteiger partial charge in [-0.3, -0.25) is 14.9 Å². The lowest BCUT2D eigenvalue weighted by Gasteiger charge is -2.03. The number of carbonyl (C=O) groups excluding carboxylic acids is 1. The van der Waals surface area contributed by atoms with Gasteiger partial charge in [-0.25, -0.2) is 0 Å². The van der Waals surface area contributed by atoms with Gasteiger partial charge in [-0.05, 0) is 12.1 Å². The van der Waals surface area contributed by atoms with Crippen molar-refractivity contribution in [3.8, 4) is 5.75 Å². The number of carbonyl (C=O) groups is 1. The van der Waals surface area contributed by atoms with Gasteiger partial charge in [0.25, 0.3) is 0 Å². The molecule has 15 heavy (non-hydrogen) atoms. The quantitative estimate of drug-likeness (QED) is 0.343. The zero-order valence-electron chi connectivity index (χ0n) is 7.90. The Morgan fingerprint density at radius 1 is 1.60 bits per heavy atom. The summed E-state index contributed by atoms with van der Waals surface area (Å²) in [6, 6.07) is 3.88. The van der Waals surface area contributed by atoms with Crippen molar-refractivity contribution in [2.45, 2.75) is 0 Å². The van der Waals surface area contributed by atoms with E-state index in [0.29, 0.717) is 5.56 Å². The molecule has 0 atom stereocenters. The van der Waals surface area contributed by atoms with Crippen molar-refractivity contribution in [1.29, 1.82) is 0 Å². The van der Waals surface area contributed by atoms with E-state index >= 15 is 0 Å². The molecule has 1 rings (SSSR count). The third kappa shape index (κ3) is 2.44. The van der Waals surface area contributed by atoms with Crippen molar-refractivity contribution in [2.75, 3.05) is 13.0 Å². The van der Waals surface area contributed by atoms with E-state index in [4.69, 9.17) is 16.3 Å². The number of Topliss-reactive ketones (excluding diaryl/α,β-unsaturated/α-hetero) is 1. The molecule has 5 nitrogen and oxygen atoms in total. The van der Waals surface area contributed by atoms with E-state index in [9.17, 15) is 14.9 Å². The fourth-order valence-electron chi connectivity index (χ4n) is 1.08. The summed E-state index contributed by atoms with van der Waals surface area (Å²) in [7, 11) is 1.30. The maximum Gasteiger partial charge on any atom is 0.310 e. The number of ether oxygens (including phenoxy) is 1. The Kier molecular flexibility index (Phi) is 3.62. The molecule has 1 aromatic rings. The number of ketones is 1. The summed E-state index contributed by atoms with van der Waals surface area (Å²) >= 11 is 5.36. The SMILES string of the molecule is COc1cc(C(=O)CCl)ccc1[N+](=O)[O-]. The van der Waals surface area contributed by atoms with Crippen molar-refractivity contribution in [1.82, 2.24) is 0 Å². The van der Waals surface area contributed by atoms with Crippen LogP contribution in [0.2, 0.25) is 0 Å². The normalized spacial score (nSPS) is 9.73. The second-order valence-corrected chi connectivity index (χ2v) is 2.97. The van der Waals surface area contributed by atoms with Gasteiger partial charge in [-0.2, -0.15) is 0 Å². The molecule has 0 radical (unpaired) electrons. The number of methoxy groups -OCH3 is 1. The van der Waals surface area contributed by atoms with Gasteiger partial charge in [0.05, 0.1) is 17.9 Å². The molecule has 0 fully saturated rings. The Balaban J connectivity index is 3.19. The number of halogens is 1. The fourth-order valence-corrected chi connectivity index (χ4v) is 1.23. The predicted octanol–water partition coefficient (Wildman–Crippen LogP) is 2.02. The van der Waals surface area contributed by atoms with Crippen molar-refractivity contribution in [2.24, 2.45) is 0 Å². The zero-order valence-corrected chi connectivity index (χ0v) is 8.65. The van der Waals surface area contributed by atoms with Gasteiger partial charge in [-0.1, -0.05) is 0 Å². The minimum absolute atomic E-state index is 0.0518. The van der Waals surface area contributed by atoms with E-state index in [1.165, 1.54) is 25.3 Å². The molecule has 1 aromatic carbocycles. The number of nitro groups is 1. The Morgan fingerprint density at radius 2 is 2.27 bits per heavy atom. The number of nitrogens with zero attached hydrogens (tertiary/aromatic N) is 1. The highest BCUT2D eigenvalue weighted by Gasteiger charge is 2.16. The maximum absolute atomic E-state index is 11.2. The minimum Gasteiger partial charge on any atom is -0.490 e. The monoisotopic (exact) mass is 229 g/mol. The smallest absolute Gasteiger partial charge is 0.310 e. The minimum atomic E-state index is -0.576. The third-order valence-corrected chi connectivity index (χ3v) is 2.06. The summed E-state index contributed by atoms with van der Waals surface area (Å²) in [5, 5.41) is 10.5. The summed E-state index contributed by atoms with van der Waals surface area (Å²) in [5.74, 6) is -0.415. The lowest BCUT2D eigenvalue weighted by molar-refractivity contribution is -0.385. The Labute approximate surface area is 90.8 Å². The van der Waals surface area contributed by atoms with Crippen LogP contribution < -0.4 is 4.74 Å². The number of alkyl halides is 1. The van der Waals surface area contributed by atoms with Crippen LogP contribution in [-0.2, 0) is 0 Å². The van der Waals surface area contributed by atoms with Crippen LogP contribution in [0.3, 0.4) is 0 Å². The van der Waals surface area contributed by atoms with Gasteiger partial charge in [0.2, 0.25) is 0 Å². The molecule has 0 heterocycles. The van der Waals surface area contributed by atoms with Crippen LogP contribution in [0.15, 0.2) is 18.2 Å². The number of hydrogen-bond acceptors (Lipinski definition) is 4. The van der Waals surface area contributed by atoms with Crippen molar-refractivity contribution in [3.05, 3.63) is 33.9 Å². The fraction of sp³-hybridized carbons (Fsp3) is 0.222. The topological polar surface area (TPSA) is 69.4 Å². The van der Waals surface area contributed by atoms with Crippen LogP contribution in [0.1, 0.15) is 10.4 Å². The molecule has 0 aromatic heterocycles. The highest BCUT2D eigenvalue weighted by Crippen LogP contribution is 2.27. The Hall–Kier alpha value is -1.62. The molecular formula is C9H8ClNO4. The number of nitro benzene ring substituents is 1. The van der Waals surface area contributed by atoms with E-state index in [0.717, 1.165) is 0 Å². The van der Waals surface area contributed by atoms with Crippen LogP contribution in [0.4, 0.5) is 5.69 Å². The molecule has 0 N–H and O–H groups in total. The molecule has 0 bridgehead atoms. The molecule has 0 amide bonds. The van der Waals surface area contributed by atoms with E-state index in [1.54, 1.807) is 0 Å². The molecule has 0 saturated heterocycles. The highest BCUT2D eigenvalue weighted by molar-refractivity contribution is 6.30. The van der Waals surface area contributed by atoms with Gasteiger partial charge in [0.15, 0.2) is 11.5 Å². The highest BCUT2D eigenvalue weighted by atomic mass is 35.5. The first kappa shape index (κ1) is 11.5. The molecular weight excluding hydrogens is 222 g/mol. The lowest BCUT2D eigenvalue weighted by Crippen LogP contribution is -2.02. The Bertz CT molecular complexity index is 405. The van der Waals surface area contributed by atoms with Gasteiger partial charge >= 0.3 is 5.69 Å². The predicted molar refractivity (Wildman–Crippen MR) is 54.7 cm³/mol. The van der Waals surface area contributed by atoms with E-state index in [1.807, 2.05) is 0 Å². The number of hydrogen-bond donors (Lipinski definition) is 0. The summed E-state index contributed by atoms with van der Waals surface area (Å²) in [6.45, 7) is 0. The van der Waals surface area contributed by atoms with Crippen LogP contribution >= 0.6 is 11.6 Å². The average Bonchev–Trinajstić information content (AvgIpc) is 2.26. The summed E-state index contributed by atoms with van der Waals surface area (Å²) in [5.41, 5.74) is 0.121. The molecule has 0 unspecified atom stereocenters. The standard InChI is InChI=1S/C9H8ClNO4/c1-15-9-4-6(8(12)5-10)2-3-7(9)11(13)14/h2-4H,5H2,1H3.